The molecule has 0 aliphatic heterocycles. The van der Waals surface area contributed by atoms with Crippen molar-refractivity contribution < 1.29 is 4.79 Å². The minimum Gasteiger partial charge on any atom is -0.383 e. The minimum absolute atomic E-state index is 0.206. The summed E-state index contributed by atoms with van der Waals surface area (Å²) in [5, 5.41) is 0.344. The highest BCUT2D eigenvalue weighted by Crippen LogP contribution is 2.16. The Morgan fingerprint density at radius 3 is 2.71 bits per heavy atom. The molecule has 0 amide bonds. The van der Waals surface area contributed by atoms with Crippen LogP contribution in [0.2, 0.25) is 5.15 Å². The molecule has 0 atom stereocenters. The number of hydrogen-bond acceptors (Lipinski definition) is 4. The number of pyridine rings is 2. The second-order valence-corrected chi connectivity index (χ2v) is 4.03. The summed E-state index contributed by atoms with van der Waals surface area (Å²) in [6.45, 7) is 1.85. The van der Waals surface area contributed by atoms with Crippen LogP contribution in [0.4, 0.5) is 5.82 Å². The van der Waals surface area contributed by atoms with Crippen molar-refractivity contribution in [2.75, 3.05) is 5.73 Å². The second-order valence-electron chi connectivity index (χ2n) is 3.64. The number of anilines is 1. The summed E-state index contributed by atoms with van der Waals surface area (Å²) in [6.07, 6.45) is 3.04. The van der Waals surface area contributed by atoms with Gasteiger partial charge in [-0.05, 0) is 30.7 Å². The zero-order valence-corrected chi connectivity index (χ0v) is 9.90. The Kier molecular flexibility index (Phi) is 3.06. The van der Waals surface area contributed by atoms with E-state index in [1.807, 2.05) is 6.92 Å². The smallest absolute Gasteiger partial charge is 0.198 e. The number of aryl methyl sites for hydroxylation is 1. The van der Waals surface area contributed by atoms with Crippen molar-refractivity contribution in [2.24, 2.45) is 0 Å². The molecule has 2 rings (SSSR count). The molecule has 0 aromatic carbocycles. The standard InChI is InChI=1S/C12H10ClN3O/c1-7-4-9(12(14)16-5-7)11(17)8-2-3-10(13)15-6-8/h2-6H,1H3,(H2,14,16). The van der Waals surface area contributed by atoms with Gasteiger partial charge in [-0.2, -0.15) is 0 Å². The van der Waals surface area contributed by atoms with E-state index in [4.69, 9.17) is 17.3 Å². The maximum absolute atomic E-state index is 12.1. The van der Waals surface area contributed by atoms with Gasteiger partial charge in [0.15, 0.2) is 5.78 Å². The zero-order valence-electron chi connectivity index (χ0n) is 9.14. The Hall–Kier alpha value is -1.94. The molecule has 4 nitrogen and oxygen atoms in total. The van der Waals surface area contributed by atoms with Gasteiger partial charge in [-0.25, -0.2) is 9.97 Å². The van der Waals surface area contributed by atoms with Crippen molar-refractivity contribution in [2.45, 2.75) is 6.92 Å². The van der Waals surface area contributed by atoms with Gasteiger partial charge in [-0.15, -0.1) is 0 Å². The van der Waals surface area contributed by atoms with E-state index in [-0.39, 0.29) is 11.6 Å². The van der Waals surface area contributed by atoms with E-state index >= 15 is 0 Å². The highest BCUT2D eigenvalue weighted by atomic mass is 35.5. The molecule has 0 saturated heterocycles. The van der Waals surface area contributed by atoms with Crippen LogP contribution >= 0.6 is 11.6 Å². The normalized spacial score (nSPS) is 10.2. The number of carbonyl (C=O) groups excluding carboxylic acids is 1. The topological polar surface area (TPSA) is 68.9 Å². The number of nitrogens with two attached hydrogens (primary N) is 1. The lowest BCUT2D eigenvalue weighted by molar-refractivity contribution is 0.103. The fraction of sp³-hybridized carbons (Fsp3) is 0.0833. The summed E-state index contributed by atoms with van der Waals surface area (Å²) in [6, 6.07) is 4.88. The third-order valence-electron chi connectivity index (χ3n) is 2.29. The lowest BCUT2D eigenvalue weighted by atomic mass is 10.0. The van der Waals surface area contributed by atoms with Gasteiger partial charge in [0.05, 0.1) is 5.56 Å². The van der Waals surface area contributed by atoms with Crippen molar-refractivity contribution in [3.63, 3.8) is 0 Å². The van der Waals surface area contributed by atoms with Crippen LogP contribution in [0.15, 0.2) is 30.6 Å². The number of hydrogen-bond donors (Lipinski definition) is 1. The number of carbonyl (C=O) groups is 1. The second kappa shape index (κ2) is 4.51. The molecule has 86 valence electrons. The van der Waals surface area contributed by atoms with Gasteiger partial charge in [0.2, 0.25) is 0 Å². The van der Waals surface area contributed by atoms with Crippen molar-refractivity contribution in [1.29, 1.82) is 0 Å². The molecule has 0 aliphatic rings. The molecule has 0 spiro atoms. The SMILES string of the molecule is Cc1cnc(N)c(C(=O)c2ccc(Cl)nc2)c1. The van der Waals surface area contributed by atoms with Gasteiger partial charge >= 0.3 is 0 Å². The predicted octanol–water partition coefficient (Wildman–Crippen LogP) is 2.25. The summed E-state index contributed by atoms with van der Waals surface area (Å²) in [7, 11) is 0. The summed E-state index contributed by atoms with van der Waals surface area (Å²) in [5.74, 6) is 0.0124. The Morgan fingerprint density at radius 2 is 2.06 bits per heavy atom. The fourth-order valence-electron chi connectivity index (χ4n) is 1.43. The minimum atomic E-state index is -0.206. The third kappa shape index (κ3) is 2.42. The molecule has 5 heteroatoms. The number of nitrogens with zero attached hydrogens (tertiary/aromatic N) is 2. The van der Waals surface area contributed by atoms with Crippen molar-refractivity contribution in [3.05, 3.63) is 52.4 Å². The molecule has 0 aliphatic carbocycles. The lowest BCUT2D eigenvalue weighted by Crippen LogP contribution is -2.07. The molecule has 0 unspecified atom stereocenters. The zero-order chi connectivity index (χ0) is 12.4. The van der Waals surface area contributed by atoms with Gasteiger partial charge < -0.3 is 5.73 Å². The van der Waals surface area contributed by atoms with Crippen LogP contribution in [0.25, 0.3) is 0 Å². The predicted molar refractivity (Wildman–Crippen MR) is 66.1 cm³/mol. The van der Waals surface area contributed by atoms with Crippen LogP contribution in [0, 0.1) is 6.92 Å². The number of aromatic nitrogens is 2. The Labute approximate surface area is 103 Å². The largest absolute Gasteiger partial charge is 0.383 e. The molecule has 17 heavy (non-hydrogen) atoms. The summed E-state index contributed by atoms with van der Waals surface area (Å²) in [5.41, 5.74) is 7.38. The fourth-order valence-corrected chi connectivity index (χ4v) is 1.54. The van der Waals surface area contributed by atoms with E-state index in [0.29, 0.717) is 16.3 Å². The van der Waals surface area contributed by atoms with Crippen LogP contribution in [0.5, 0.6) is 0 Å². The molecule has 2 aromatic heterocycles. The summed E-state index contributed by atoms with van der Waals surface area (Å²) in [4.78, 5) is 19.9. The van der Waals surface area contributed by atoms with E-state index in [1.165, 1.54) is 6.20 Å². The summed E-state index contributed by atoms with van der Waals surface area (Å²) < 4.78 is 0. The van der Waals surface area contributed by atoms with Crippen LogP contribution < -0.4 is 5.73 Å². The molecule has 0 bridgehead atoms. The highest BCUT2D eigenvalue weighted by Gasteiger charge is 2.13. The lowest BCUT2D eigenvalue weighted by Gasteiger charge is -2.04. The first-order valence-corrected chi connectivity index (χ1v) is 5.34. The van der Waals surface area contributed by atoms with E-state index < -0.39 is 0 Å². The van der Waals surface area contributed by atoms with Crippen molar-refractivity contribution in [3.8, 4) is 0 Å². The van der Waals surface area contributed by atoms with Crippen molar-refractivity contribution >= 4 is 23.2 Å². The highest BCUT2D eigenvalue weighted by molar-refractivity contribution is 6.29. The average molecular weight is 248 g/mol. The van der Waals surface area contributed by atoms with E-state index in [9.17, 15) is 4.79 Å². The maximum Gasteiger partial charge on any atom is 0.198 e. The number of rotatable bonds is 2. The molecular formula is C12H10ClN3O. The van der Waals surface area contributed by atoms with E-state index in [1.54, 1.807) is 24.4 Å². The van der Waals surface area contributed by atoms with Crippen LogP contribution in [0.3, 0.4) is 0 Å². The van der Waals surface area contributed by atoms with Gasteiger partial charge in [0.25, 0.3) is 0 Å². The third-order valence-corrected chi connectivity index (χ3v) is 2.51. The van der Waals surface area contributed by atoms with E-state index in [0.717, 1.165) is 5.56 Å². The molecular weight excluding hydrogens is 238 g/mol. The van der Waals surface area contributed by atoms with Gasteiger partial charge in [-0.1, -0.05) is 11.6 Å². The Bertz CT molecular complexity index is 566. The maximum atomic E-state index is 12.1. The summed E-state index contributed by atoms with van der Waals surface area (Å²) >= 11 is 5.66. The molecule has 2 N–H and O–H groups in total. The van der Waals surface area contributed by atoms with Gasteiger partial charge in [-0.3, -0.25) is 4.79 Å². The number of ketones is 1. The Morgan fingerprint density at radius 1 is 1.29 bits per heavy atom. The van der Waals surface area contributed by atoms with Gasteiger partial charge in [0.1, 0.15) is 11.0 Å². The number of nitrogen functional groups attached to an aromatic ring is 1. The van der Waals surface area contributed by atoms with Crippen LogP contribution in [0.1, 0.15) is 21.5 Å². The first-order chi connectivity index (χ1) is 8.08. The molecule has 2 heterocycles. The molecule has 0 saturated carbocycles. The molecule has 0 radical (unpaired) electrons. The monoisotopic (exact) mass is 247 g/mol. The first-order valence-electron chi connectivity index (χ1n) is 4.96. The Balaban J connectivity index is 2.43. The first kappa shape index (κ1) is 11.5. The molecule has 2 aromatic rings. The van der Waals surface area contributed by atoms with Crippen LogP contribution in [-0.2, 0) is 0 Å². The quantitative estimate of drug-likeness (QED) is 0.653. The van der Waals surface area contributed by atoms with E-state index in [2.05, 4.69) is 9.97 Å². The van der Waals surface area contributed by atoms with Gasteiger partial charge in [0, 0.05) is 18.0 Å². The van der Waals surface area contributed by atoms with Crippen molar-refractivity contribution in [1.82, 2.24) is 9.97 Å². The average Bonchev–Trinajstić information content (AvgIpc) is 2.32. The van der Waals surface area contributed by atoms with Crippen LogP contribution in [-0.4, -0.2) is 15.8 Å². The molecule has 0 fully saturated rings. The number of halogens is 1.